The summed E-state index contributed by atoms with van der Waals surface area (Å²) in [6.45, 7) is 2.23. The van der Waals surface area contributed by atoms with Crippen LogP contribution in [0.15, 0.2) is 28.8 Å². The second kappa shape index (κ2) is 8.51. The summed E-state index contributed by atoms with van der Waals surface area (Å²) in [5, 5.41) is 6.45. The lowest BCUT2D eigenvalue weighted by molar-refractivity contribution is -0.148. The largest absolute Gasteiger partial charge is 0.469 e. The van der Waals surface area contributed by atoms with Gasteiger partial charge in [-0.05, 0) is 37.3 Å². The number of hydrogen-bond donors (Lipinski definition) is 1. The number of likely N-dealkylation sites (tertiary alicyclic amines) is 1. The van der Waals surface area contributed by atoms with Crippen LogP contribution in [-0.4, -0.2) is 54.7 Å². The molecule has 9 heteroatoms. The van der Waals surface area contributed by atoms with Crippen LogP contribution in [0.3, 0.4) is 0 Å². The summed E-state index contributed by atoms with van der Waals surface area (Å²) in [5.41, 5.74) is -0.499. The van der Waals surface area contributed by atoms with Crippen molar-refractivity contribution in [1.29, 1.82) is 0 Å². The van der Waals surface area contributed by atoms with Crippen molar-refractivity contribution in [3.05, 3.63) is 41.6 Å². The van der Waals surface area contributed by atoms with Crippen molar-refractivity contribution < 1.29 is 27.6 Å². The van der Waals surface area contributed by atoms with Crippen LogP contribution in [0.4, 0.5) is 8.78 Å². The first-order chi connectivity index (χ1) is 14.5. The van der Waals surface area contributed by atoms with Gasteiger partial charge in [0.2, 0.25) is 0 Å². The van der Waals surface area contributed by atoms with E-state index in [4.69, 9.17) is 9.26 Å². The van der Waals surface area contributed by atoms with Gasteiger partial charge >= 0.3 is 5.97 Å². The molecular formula is C21H23F2N3O4. The van der Waals surface area contributed by atoms with Gasteiger partial charge in [-0.25, -0.2) is 8.78 Å². The fourth-order valence-electron chi connectivity index (χ4n) is 3.89. The van der Waals surface area contributed by atoms with E-state index in [1.54, 1.807) is 0 Å². The Morgan fingerprint density at radius 3 is 2.67 bits per heavy atom. The Bertz CT molecular complexity index is 924. The molecule has 0 bridgehead atoms. The molecule has 0 spiro atoms. The third kappa shape index (κ3) is 4.35. The number of benzene rings is 1. The predicted molar refractivity (Wildman–Crippen MR) is 102 cm³/mol. The number of aromatic nitrogens is 1. The minimum Gasteiger partial charge on any atom is -0.469 e. The average molecular weight is 419 g/mol. The molecule has 2 atom stereocenters. The Kier molecular flexibility index (Phi) is 5.80. The molecule has 1 amide bonds. The molecule has 1 saturated carbocycles. The van der Waals surface area contributed by atoms with Gasteiger partial charge in [-0.3, -0.25) is 9.59 Å². The van der Waals surface area contributed by atoms with Crippen LogP contribution in [0.2, 0.25) is 0 Å². The van der Waals surface area contributed by atoms with Gasteiger partial charge in [0.15, 0.2) is 11.5 Å². The fraction of sp³-hybridized carbons (Fsp3) is 0.476. The number of amides is 1. The number of piperidine rings is 1. The van der Waals surface area contributed by atoms with E-state index < -0.39 is 29.5 Å². The van der Waals surface area contributed by atoms with Crippen LogP contribution in [0, 0.1) is 23.5 Å². The van der Waals surface area contributed by atoms with Crippen LogP contribution in [0.25, 0.3) is 11.3 Å². The fourth-order valence-corrected chi connectivity index (χ4v) is 3.89. The topological polar surface area (TPSA) is 84.7 Å². The lowest BCUT2D eigenvalue weighted by Crippen LogP contribution is -2.54. The van der Waals surface area contributed by atoms with Gasteiger partial charge in [-0.2, -0.15) is 0 Å². The van der Waals surface area contributed by atoms with E-state index in [1.807, 2.05) is 0 Å². The highest BCUT2D eigenvalue weighted by molar-refractivity contribution is 5.93. The van der Waals surface area contributed by atoms with Gasteiger partial charge in [-0.15, -0.1) is 0 Å². The number of rotatable bonds is 6. The molecule has 1 aromatic heterocycles. The van der Waals surface area contributed by atoms with E-state index >= 15 is 0 Å². The normalized spacial score (nSPS) is 22.0. The number of carbonyl (C=O) groups excluding carboxylic acids is 2. The molecule has 7 nitrogen and oxygen atoms in total. The lowest BCUT2D eigenvalue weighted by atomic mass is 9.91. The van der Waals surface area contributed by atoms with Gasteiger partial charge in [0.05, 0.1) is 18.6 Å². The monoisotopic (exact) mass is 419 g/mol. The van der Waals surface area contributed by atoms with Crippen molar-refractivity contribution in [1.82, 2.24) is 15.4 Å². The minimum absolute atomic E-state index is 0.114. The molecular weight excluding hydrogens is 396 g/mol. The number of hydrogen-bond acceptors (Lipinski definition) is 6. The van der Waals surface area contributed by atoms with Crippen molar-refractivity contribution in [3.8, 4) is 11.3 Å². The smallest absolute Gasteiger partial charge is 0.312 e. The van der Waals surface area contributed by atoms with E-state index in [1.165, 1.54) is 32.1 Å². The van der Waals surface area contributed by atoms with Gasteiger partial charge in [-0.1, -0.05) is 11.2 Å². The molecule has 2 heterocycles. The lowest BCUT2D eigenvalue weighted by Gasteiger charge is -2.37. The molecule has 2 aromatic rings. The van der Waals surface area contributed by atoms with E-state index in [0.717, 1.165) is 25.2 Å². The van der Waals surface area contributed by atoms with Crippen LogP contribution < -0.4 is 5.32 Å². The molecule has 1 aliphatic heterocycles. The van der Waals surface area contributed by atoms with E-state index in [0.29, 0.717) is 18.9 Å². The Morgan fingerprint density at radius 1 is 1.27 bits per heavy atom. The Hall–Kier alpha value is -2.81. The molecule has 1 saturated heterocycles. The number of esters is 1. The quantitative estimate of drug-likeness (QED) is 0.725. The van der Waals surface area contributed by atoms with Gasteiger partial charge in [0, 0.05) is 31.7 Å². The summed E-state index contributed by atoms with van der Waals surface area (Å²) in [7, 11) is 1.33. The summed E-state index contributed by atoms with van der Waals surface area (Å²) in [6.07, 6.45) is 3.03. The summed E-state index contributed by atoms with van der Waals surface area (Å²) in [4.78, 5) is 27.2. The number of nitrogens with zero attached hydrogens (tertiary/aromatic N) is 2. The van der Waals surface area contributed by atoms with Gasteiger partial charge in [0.1, 0.15) is 11.6 Å². The maximum absolute atomic E-state index is 13.9. The standard InChI is InChI=1S/C21H23F2N3O4/c1-29-21(28)13-11-26(10-12-5-6-12)8-7-16(13)24-20(27)17-9-18(30-25-17)19-14(22)3-2-4-15(19)23/h2-4,9,12-13,16H,5-8,10-11H2,1H3,(H,24,27)/t13-,16-/m1/s1. The highest BCUT2D eigenvalue weighted by atomic mass is 19.1. The predicted octanol–water partition coefficient (Wildman–Crippen LogP) is 2.62. The summed E-state index contributed by atoms with van der Waals surface area (Å²) in [5.74, 6) is -2.56. The average Bonchev–Trinajstić information content (AvgIpc) is 3.41. The number of ether oxygens (including phenoxy) is 1. The third-order valence-corrected chi connectivity index (χ3v) is 5.68. The number of carbonyl (C=O) groups is 2. The molecule has 1 aliphatic carbocycles. The highest BCUT2D eigenvalue weighted by Gasteiger charge is 2.38. The number of nitrogens with one attached hydrogen (secondary N) is 1. The van der Waals surface area contributed by atoms with Crippen LogP contribution in [0.5, 0.6) is 0 Å². The molecule has 2 aliphatic rings. The zero-order valence-electron chi connectivity index (χ0n) is 16.6. The molecule has 1 aromatic carbocycles. The van der Waals surface area contributed by atoms with Gasteiger partial charge in [0.25, 0.3) is 5.91 Å². The number of halogens is 2. The molecule has 2 fully saturated rings. The molecule has 1 N–H and O–H groups in total. The Morgan fingerprint density at radius 2 is 2.00 bits per heavy atom. The molecule has 30 heavy (non-hydrogen) atoms. The zero-order valence-corrected chi connectivity index (χ0v) is 16.6. The maximum Gasteiger partial charge on any atom is 0.312 e. The second-order valence-electron chi connectivity index (χ2n) is 7.87. The van der Waals surface area contributed by atoms with E-state index in [-0.39, 0.29) is 23.0 Å². The van der Waals surface area contributed by atoms with Crippen molar-refractivity contribution in [2.45, 2.75) is 25.3 Å². The Balaban J connectivity index is 1.46. The first kappa shape index (κ1) is 20.5. The first-order valence-electron chi connectivity index (χ1n) is 9.98. The molecule has 160 valence electrons. The first-order valence-corrected chi connectivity index (χ1v) is 9.98. The van der Waals surface area contributed by atoms with Crippen LogP contribution in [0.1, 0.15) is 29.8 Å². The molecule has 0 unspecified atom stereocenters. The summed E-state index contributed by atoms with van der Waals surface area (Å²) >= 11 is 0. The van der Waals surface area contributed by atoms with Crippen LogP contribution >= 0.6 is 0 Å². The highest BCUT2D eigenvalue weighted by Crippen LogP contribution is 2.32. The van der Waals surface area contributed by atoms with Gasteiger partial charge < -0.3 is 19.5 Å². The summed E-state index contributed by atoms with van der Waals surface area (Å²) < 4.78 is 37.8. The number of methoxy groups -OCH3 is 1. The second-order valence-corrected chi connectivity index (χ2v) is 7.87. The van der Waals surface area contributed by atoms with Crippen molar-refractivity contribution in [2.75, 3.05) is 26.7 Å². The van der Waals surface area contributed by atoms with Crippen LogP contribution in [-0.2, 0) is 9.53 Å². The van der Waals surface area contributed by atoms with Crippen molar-refractivity contribution in [3.63, 3.8) is 0 Å². The maximum atomic E-state index is 13.9. The van der Waals surface area contributed by atoms with Crippen molar-refractivity contribution >= 4 is 11.9 Å². The van der Waals surface area contributed by atoms with E-state index in [2.05, 4.69) is 15.4 Å². The molecule has 0 radical (unpaired) electrons. The third-order valence-electron chi connectivity index (χ3n) is 5.68. The summed E-state index contributed by atoms with van der Waals surface area (Å²) in [6, 6.07) is 4.19. The SMILES string of the molecule is COC(=O)[C@@H]1CN(CC2CC2)CC[C@H]1NC(=O)c1cc(-c2c(F)cccc2F)on1. The Labute approximate surface area is 172 Å². The van der Waals surface area contributed by atoms with Crippen molar-refractivity contribution in [2.24, 2.45) is 11.8 Å². The van der Waals surface area contributed by atoms with E-state index in [9.17, 15) is 18.4 Å². The molecule has 4 rings (SSSR count). The zero-order chi connectivity index (χ0) is 21.3. The minimum atomic E-state index is -0.813.